The summed E-state index contributed by atoms with van der Waals surface area (Å²) in [4.78, 5) is 27.8. The zero-order valence-electron chi connectivity index (χ0n) is 19.9. The average molecular weight is 583 g/mol. The molecule has 12 heteroatoms. The molecule has 2 aromatic carbocycles. The number of halogens is 4. The van der Waals surface area contributed by atoms with Gasteiger partial charge in [-0.2, -0.15) is 0 Å². The van der Waals surface area contributed by atoms with E-state index in [0.717, 1.165) is 10.6 Å². The van der Waals surface area contributed by atoms with Crippen molar-refractivity contribution in [1.82, 2.24) is 10.2 Å². The van der Waals surface area contributed by atoms with Crippen LogP contribution in [0.5, 0.6) is 0 Å². The molecular weight excluding hydrogens is 556 g/mol. The van der Waals surface area contributed by atoms with Crippen LogP contribution < -0.4 is 9.62 Å². The molecule has 0 aliphatic carbocycles. The summed E-state index contributed by atoms with van der Waals surface area (Å²) in [6.45, 7) is 6.23. The molecule has 192 valence electrons. The Morgan fingerprint density at radius 2 is 1.57 bits per heavy atom. The van der Waals surface area contributed by atoms with E-state index in [1.54, 1.807) is 25.1 Å². The number of rotatable bonds is 8. The molecule has 2 aromatic rings. The van der Waals surface area contributed by atoms with Crippen molar-refractivity contribution in [3.05, 3.63) is 62.1 Å². The van der Waals surface area contributed by atoms with E-state index < -0.39 is 40.0 Å². The van der Waals surface area contributed by atoms with Gasteiger partial charge in [-0.25, -0.2) is 8.42 Å². The summed E-state index contributed by atoms with van der Waals surface area (Å²) in [7, 11) is -3.94. The van der Waals surface area contributed by atoms with Gasteiger partial charge in [-0.3, -0.25) is 13.9 Å². The van der Waals surface area contributed by atoms with E-state index in [1.165, 1.54) is 23.1 Å². The Kier molecular flexibility index (Phi) is 9.75. The summed E-state index contributed by atoms with van der Waals surface area (Å²) in [5.41, 5.74) is -0.0537. The minimum Gasteiger partial charge on any atom is -0.350 e. The second-order valence-corrected chi connectivity index (χ2v) is 12.6. The van der Waals surface area contributed by atoms with Crippen LogP contribution in [0.1, 0.15) is 33.3 Å². The molecule has 1 atom stereocenters. The molecule has 0 heterocycles. The number of carbonyl (C=O) groups is 2. The Morgan fingerprint density at radius 3 is 2.06 bits per heavy atom. The Labute approximate surface area is 226 Å². The topological polar surface area (TPSA) is 86.8 Å². The molecule has 0 saturated heterocycles. The van der Waals surface area contributed by atoms with Crippen molar-refractivity contribution in [2.75, 3.05) is 17.1 Å². The summed E-state index contributed by atoms with van der Waals surface area (Å²) in [5, 5.41) is 3.80. The van der Waals surface area contributed by atoms with Crippen LogP contribution in [-0.4, -0.2) is 49.5 Å². The lowest BCUT2D eigenvalue weighted by Crippen LogP contribution is -2.54. The monoisotopic (exact) mass is 581 g/mol. The first-order valence-electron chi connectivity index (χ1n) is 10.5. The van der Waals surface area contributed by atoms with Crippen LogP contribution >= 0.6 is 46.4 Å². The first-order chi connectivity index (χ1) is 16.0. The molecule has 0 spiro atoms. The van der Waals surface area contributed by atoms with E-state index in [-0.39, 0.29) is 17.3 Å². The lowest BCUT2D eigenvalue weighted by atomic mass is 10.1. The molecule has 0 saturated carbocycles. The molecule has 1 N–H and O–H groups in total. The molecule has 0 fully saturated rings. The molecule has 7 nitrogen and oxygen atoms in total. The Bertz CT molecular complexity index is 1200. The molecule has 2 amide bonds. The van der Waals surface area contributed by atoms with Crippen molar-refractivity contribution in [2.45, 2.75) is 45.8 Å². The number of hydrogen-bond acceptors (Lipinski definition) is 4. The predicted molar refractivity (Wildman–Crippen MR) is 143 cm³/mol. The third kappa shape index (κ3) is 8.15. The number of carbonyl (C=O) groups excluding carboxylic acids is 2. The van der Waals surface area contributed by atoms with Crippen molar-refractivity contribution >= 4 is 73.9 Å². The summed E-state index contributed by atoms with van der Waals surface area (Å²) < 4.78 is 26.1. The molecular formula is C23H27Cl4N3O4S. The van der Waals surface area contributed by atoms with E-state index in [1.807, 2.05) is 20.8 Å². The van der Waals surface area contributed by atoms with Crippen LogP contribution in [0.3, 0.4) is 0 Å². The van der Waals surface area contributed by atoms with Gasteiger partial charge in [-0.05, 0) is 58.0 Å². The van der Waals surface area contributed by atoms with E-state index in [2.05, 4.69) is 5.32 Å². The molecule has 35 heavy (non-hydrogen) atoms. The van der Waals surface area contributed by atoms with Gasteiger partial charge in [0.05, 0.1) is 17.0 Å². The summed E-state index contributed by atoms with van der Waals surface area (Å²) >= 11 is 24.8. The quantitative estimate of drug-likeness (QED) is 0.451. The van der Waals surface area contributed by atoms with E-state index in [4.69, 9.17) is 46.4 Å². The van der Waals surface area contributed by atoms with Crippen LogP contribution in [0, 0.1) is 0 Å². The maximum Gasteiger partial charge on any atom is 0.244 e. The van der Waals surface area contributed by atoms with Crippen molar-refractivity contribution < 1.29 is 18.0 Å². The maximum absolute atomic E-state index is 13.6. The first kappa shape index (κ1) is 29.5. The van der Waals surface area contributed by atoms with Gasteiger partial charge in [0, 0.05) is 32.7 Å². The van der Waals surface area contributed by atoms with Crippen LogP contribution in [-0.2, 0) is 26.2 Å². The second kappa shape index (κ2) is 11.6. The smallest absolute Gasteiger partial charge is 0.244 e. The fourth-order valence-corrected chi connectivity index (χ4v) is 5.13. The number of nitrogens with one attached hydrogen (secondary N) is 1. The first-order valence-corrected chi connectivity index (χ1v) is 13.8. The standard InChI is InChI=1S/C23H27Cl4N3O4S/c1-14(22(32)28-23(2,3)4)29(12-16-17(25)7-6-8-18(16)26)21(31)13-30(35(5,33)34)20-10-9-15(24)11-19(20)27/h6-11,14H,12-13H2,1-5H3,(H,28,32)/t14-/m0/s1. The van der Waals surface area contributed by atoms with Gasteiger partial charge in [0.2, 0.25) is 21.8 Å². The van der Waals surface area contributed by atoms with E-state index >= 15 is 0 Å². The summed E-state index contributed by atoms with van der Waals surface area (Å²) in [6.07, 6.45) is 0.955. The third-order valence-electron chi connectivity index (χ3n) is 4.91. The lowest BCUT2D eigenvalue weighted by molar-refractivity contribution is -0.140. The van der Waals surface area contributed by atoms with Crippen molar-refractivity contribution in [3.8, 4) is 0 Å². The SMILES string of the molecule is C[C@@H](C(=O)NC(C)(C)C)N(Cc1c(Cl)cccc1Cl)C(=O)CN(c1ccc(Cl)cc1Cl)S(C)(=O)=O. The fraction of sp³-hybridized carbons (Fsp3) is 0.391. The molecule has 0 radical (unpaired) electrons. The van der Waals surface area contributed by atoms with Crippen LogP contribution in [0.25, 0.3) is 0 Å². The Morgan fingerprint density at radius 1 is 1.00 bits per heavy atom. The van der Waals surface area contributed by atoms with Crippen LogP contribution in [0.15, 0.2) is 36.4 Å². The Balaban J connectivity index is 2.50. The molecule has 0 aromatic heterocycles. The minimum absolute atomic E-state index is 0.0509. The molecule has 0 aliphatic heterocycles. The van der Waals surface area contributed by atoms with Crippen molar-refractivity contribution in [2.24, 2.45) is 0 Å². The molecule has 0 unspecified atom stereocenters. The van der Waals surface area contributed by atoms with E-state index in [0.29, 0.717) is 20.6 Å². The number of hydrogen-bond donors (Lipinski definition) is 1. The lowest BCUT2D eigenvalue weighted by Gasteiger charge is -2.33. The highest BCUT2D eigenvalue weighted by Gasteiger charge is 2.32. The second-order valence-electron chi connectivity index (χ2n) is 9.00. The van der Waals surface area contributed by atoms with Gasteiger partial charge in [0.15, 0.2) is 0 Å². The minimum atomic E-state index is -3.94. The largest absolute Gasteiger partial charge is 0.350 e. The molecule has 0 bridgehead atoms. The molecule has 0 aliphatic rings. The third-order valence-corrected chi connectivity index (χ3v) is 7.29. The van der Waals surface area contributed by atoms with Gasteiger partial charge >= 0.3 is 0 Å². The van der Waals surface area contributed by atoms with Crippen molar-refractivity contribution in [1.29, 1.82) is 0 Å². The maximum atomic E-state index is 13.6. The van der Waals surface area contributed by atoms with Gasteiger partial charge < -0.3 is 10.2 Å². The van der Waals surface area contributed by atoms with Crippen molar-refractivity contribution in [3.63, 3.8) is 0 Å². The van der Waals surface area contributed by atoms with E-state index in [9.17, 15) is 18.0 Å². The zero-order valence-corrected chi connectivity index (χ0v) is 23.7. The number of amides is 2. The molecule has 2 rings (SSSR count). The summed E-state index contributed by atoms with van der Waals surface area (Å²) in [6, 6.07) is 8.15. The predicted octanol–water partition coefficient (Wildman–Crippen LogP) is 5.40. The van der Waals surface area contributed by atoms with Gasteiger partial charge in [-0.1, -0.05) is 52.5 Å². The highest BCUT2D eigenvalue weighted by molar-refractivity contribution is 7.92. The zero-order chi connectivity index (χ0) is 26.7. The highest BCUT2D eigenvalue weighted by atomic mass is 35.5. The van der Waals surface area contributed by atoms with Crippen LogP contribution in [0.4, 0.5) is 5.69 Å². The van der Waals surface area contributed by atoms with Gasteiger partial charge in [-0.15, -0.1) is 0 Å². The summed E-state index contributed by atoms with van der Waals surface area (Å²) in [5.74, 6) is -1.08. The number of benzene rings is 2. The number of nitrogens with zero attached hydrogens (tertiary/aromatic N) is 2. The van der Waals surface area contributed by atoms with Gasteiger partial charge in [0.25, 0.3) is 0 Å². The van der Waals surface area contributed by atoms with Gasteiger partial charge in [0.1, 0.15) is 12.6 Å². The van der Waals surface area contributed by atoms with Crippen LogP contribution in [0.2, 0.25) is 20.1 Å². The number of anilines is 1. The normalized spacial score (nSPS) is 12.7. The highest BCUT2D eigenvalue weighted by Crippen LogP contribution is 2.31. The number of sulfonamides is 1. The fourth-order valence-electron chi connectivity index (χ4n) is 3.19. The average Bonchev–Trinajstić information content (AvgIpc) is 2.69. The Hall–Kier alpha value is -1.71.